The van der Waals surface area contributed by atoms with E-state index in [1.807, 2.05) is 6.92 Å². The topological polar surface area (TPSA) is 59.7 Å². The van der Waals surface area contributed by atoms with E-state index in [0.717, 1.165) is 22.9 Å². The van der Waals surface area contributed by atoms with Crippen molar-refractivity contribution in [2.75, 3.05) is 0 Å². The summed E-state index contributed by atoms with van der Waals surface area (Å²) in [5.74, 6) is -0.396. The highest BCUT2D eigenvalue weighted by atomic mass is 79.9. The molecule has 5 heteroatoms. The molecule has 0 amide bonds. The van der Waals surface area contributed by atoms with E-state index >= 15 is 0 Å². The van der Waals surface area contributed by atoms with Gasteiger partial charge in [-0.2, -0.15) is 0 Å². The lowest BCUT2D eigenvalue weighted by Gasteiger charge is -2.43. The van der Waals surface area contributed by atoms with Crippen molar-refractivity contribution in [1.29, 1.82) is 0 Å². The second-order valence-corrected chi connectivity index (χ2v) is 8.85. The molecule has 1 N–H and O–H groups in total. The summed E-state index contributed by atoms with van der Waals surface area (Å²) in [6, 6.07) is 5.12. The zero-order chi connectivity index (χ0) is 18.6. The molecule has 0 atom stereocenters. The molecule has 1 aromatic heterocycles. The van der Waals surface area contributed by atoms with E-state index in [9.17, 15) is 4.79 Å². The third kappa shape index (κ3) is 3.10. The van der Waals surface area contributed by atoms with Crippen LogP contribution in [0.4, 0.5) is 0 Å². The van der Waals surface area contributed by atoms with Gasteiger partial charge in [0.25, 0.3) is 5.95 Å². The number of halogens is 1. The molecule has 134 valence electrons. The zero-order valence-electron chi connectivity index (χ0n) is 15.2. The normalized spacial score (nSPS) is 17.8. The molecule has 0 radical (unpaired) electrons. The molecule has 0 fully saturated rings. The fraction of sp³-hybridized carbons (Fsp3) is 0.450. The van der Waals surface area contributed by atoms with E-state index in [-0.39, 0.29) is 22.5 Å². The Labute approximate surface area is 156 Å². The second-order valence-electron chi connectivity index (χ2n) is 8.05. The summed E-state index contributed by atoms with van der Waals surface area (Å²) < 4.78 is 12.1. The Kier molecular flexibility index (Phi) is 4.26. The van der Waals surface area contributed by atoms with E-state index in [0.29, 0.717) is 5.75 Å². The summed E-state index contributed by atoms with van der Waals surface area (Å²) >= 11 is 3.76. The van der Waals surface area contributed by atoms with E-state index in [1.54, 1.807) is 0 Å². The molecule has 1 aromatic carbocycles. The van der Waals surface area contributed by atoms with Crippen molar-refractivity contribution in [3.8, 4) is 11.7 Å². The maximum Gasteiger partial charge on any atom is 0.371 e. The molecule has 1 heterocycles. The van der Waals surface area contributed by atoms with Crippen LogP contribution in [0.25, 0.3) is 0 Å². The van der Waals surface area contributed by atoms with E-state index in [1.165, 1.54) is 23.3 Å². The van der Waals surface area contributed by atoms with Gasteiger partial charge in [0, 0.05) is 6.07 Å². The molecule has 0 saturated carbocycles. The minimum absolute atomic E-state index is 0.0326. The molecule has 0 unspecified atom stereocenters. The number of furan rings is 1. The van der Waals surface area contributed by atoms with Crippen LogP contribution in [0.5, 0.6) is 11.7 Å². The molecular weight excluding hydrogens is 384 g/mol. The lowest BCUT2D eigenvalue weighted by Crippen LogP contribution is -2.34. The monoisotopic (exact) mass is 406 g/mol. The van der Waals surface area contributed by atoms with Gasteiger partial charge in [-0.15, -0.1) is 0 Å². The van der Waals surface area contributed by atoms with Gasteiger partial charge in [0.15, 0.2) is 0 Å². The summed E-state index contributed by atoms with van der Waals surface area (Å²) in [5.41, 5.74) is 3.73. The van der Waals surface area contributed by atoms with E-state index in [4.69, 9.17) is 14.3 Å². The van der Waals surface area contributed by atoms with Crippen molar-refractivity contribution in [2.24, 2.45) is 0 Å². The summed E-state index contributed by atoms with van der Waals surface area (Å²) in [6.45, 7) is 11.1. The maximum absolute atomic E-state index is 11.0. The third-order valence-corrected chi connectivity index (χ3v) is 5.94. The number of hydrogen-bond acceptors (Lipinski definition) is 3. The van der Waals surface area contributed by atoms with Gasteiger partial charge in [0.05, 0.1) is 4.47 Å². The van der Waals surface area contributed by atoms with Crippen LogP contribution in [0.15, 0.2) is 27.1 Å². The Morgan fingerprint density at radius 1 is 1.20 bits per heavy atom. The van der Waals surface area contributed by atoms with Gasteiger partial charge in [0.2, 0.25) is 5.76 Å². The molecule has 1 aliphatic rings. The van der Waals surface area contributed by atoms with Crippen LogP contribution in [0.1, 0.15) is 67.8 Å². The number of rotatable bonds is 3. The first-order valence-electron chi connectivity index (χ1n) is 8.38. The van der Waals surface area contributed by atoms with Crippen LogP contribution in [0, 0.1) is 6.92 Å². The molecule has 4 nitrogen and oxygen atoms in total. The van der Waals surface area contributed by atoms with Crippen LogP contribution in [-0.4, -0.2) is 11.1 Å². The smallest absolute Gasteiger partial charge is 0.371 e. The predicted molar refractivity (Wildman–Crippen MR) is 99.9 cm³/mol. The van der Waals surface area contributed by atoms with Gasteiger partial charge in [-0.05, 0) is 69.3 Å². The Morgan fingerprint density at radius 2 is 1.84 bits per heavy atom. The van der Waals surface area contributed by atoms with Crippen LogP contribution >= 0.6 is 15.9 Å². The average molecular weight is 407 g/mol. The molecule has 0 spiro atoms. The molecular formula is C20H23BrO4. The SMILES string of the molecule is Cc1cc2c(c(Br)c1Oc1ccc(C(=O)O)o1)C(C)(C)CCC2(C)C. The highest BCUT2D eigenvalue weighted by molar-refractivity contribution is 9.10. The van der Waals surface area contributed by atoms with Gasteiger partial charge >= 0.3 is 5.97 Å². The lowest BCUT2D eigenvalue weighted by molar-refractivity contribution is 0.0657. The number of aryl methyl sites for hydroxylation is 1. The minimum Gasteiger partial charge on any atom is -0.475 e. The fourth-order valence-corrected chi connectivity index (χ4v) is 4.70. The Balaban J connectivity index is 2.11. The van der Waals surface area contributed by atoms with Gasteiger partial charge in [-0.25, -0.2) is 4.79 Å². The van der Waals surface area contributed by atoms with Gasteiger partial charge in [-0.1, -0.05) is 33.8 Å². The van der Waals surface area contributed by atoms with Crippen molar-refractivity contribution in [3.63, 3.8) is 0 Å². The number of hydrogen-bond donors (Lipinski definition) is 1. The van der Waals surface area contributed by atoms with Crippen molar-refractivity contribution in [1.82, 2.24) is 0 Å². The average Bonchev–Trinajstić information content (AvgIpc) is 2.96. The standard InChI is InChI=1S/C20H23BrO4/c1-11-10-12-15(20(4,5)9-8-19(12,2)3)16(21)17(11)25-14-7-6-13(24-14)18(22)23/h6-7,10H,8-9H2,1-5H3,(H,22,23). The molecule has 2 aromatic rings. The largest absolute Gasteiger partial charge is 0.475 e. The summed E-state index contributed by atoms with van der Waals surface area (Å²) in [7, 11) is 0. The van der Waals surface area contributed by atoms with Crippen LogP contribution in [0.2, 0.25) is 0 Å². The number of aromatic carboxylic acids is 1. The molecule has 3 rings (SSSR count). The first-order chi connectivity index (χ1) is 11.5. The van der Waals surface area contributed by atoms with Crippen molar-refractivity contribution in [2.45, 2.75) is 58.3 Å². The van der Waals surface area contributed by atoms with Gasteiger partial charge in [0.1, 0.15) is 5.75 Å². The highest BCUT2D eigenvalue weighted by Crippen LogP contribution is 2.52. The second kappa shape index (κ2) is 5.90. The van der Waals surface area contributed by atoms with E-state index < -0.39 is 5.97 Å². The van der Waals surface area contributed by atoms with Crippen molar-refractivity contribution < 1.29 is 19.1 Å². The predicted octanol–water partition coefficient (Wildman–Crippen LogP) is 6.19. The van der Waals surface area contributed by atoms with Crippen molar-refractivity contribution >= 4 is 21.9 Å². The number of fused-ring (bicyclic) bond motifs is 1. The number of carboxylic acids is 1. The number of carboxylic acid groups (broad SMARTS) is 1. The molecule has 0 saturated heterocycles. The van der Waals surface area contributed by atoms with Crippen LogP contribution < -0.4 is 4.74 Å². The quantitative estimate of drug-likeness (QED) is 0.659. The molecule has 1 aliphatic carbocycles. The van der Waals surface area contributed by atoms with Crippen LogP contribution in [-0.2, 0) is 10.8 Å². The van der Waals surface area contributed by atoms with Gasteiger partial charge in [-0.3, -0.25) is 0 Å². The number of ether oxygens (including phenoxy) is 1. The summed E-state index contributed by atoms with van der Waals surface area (Å²) in [5, 5.41) is 9.00. The minimum atomic E-state index is -1.11. The Bertz CT molecular complexity index is 846. The fourth-order valence-electron chi connectivity index (χ4n) is 3.56. The summed E-state index contributed by atoms with van der Waals surface area (Å²) in [6.07, 6.45) is 2.23. The third-order valence-electron chi connectivity index (χ3n) is 5.18. The number of benzene rings is 1. The Hall–Kier alpha value is -1.75. The molecule has 0 bridgehead atoms. The van der Waals surface area contributed by atoms with Crippen LogP contribution in [0.3, 0.4) is 0 Å². The Morgan fingerprint density at radius 3 is 2.44 bits per heavy atom. The zero-order valence-corrected chi connectivity index (χ0v) is 16.8. The maximum atomic E-state index is 11.0. The molecule has 25 heavy (non-hydrogen) atoms. The lowest BCUT2D eigenvalue weighted by atomic mass is 9.63. The van der Waals surface area contributed by atoms with Crippen molar-refractivity contribution in [3.05, 3.63) is 45.1 Å². The van der Waals surface area contributed by atoms with E-state index in [2.05, 4.69) is 49.7 Å². The first kappa shape index (κ1) is 18.1. The van der Waals surface area contributed by atoms with Gasteiger partial charge < -0.3 is 14.3 Å². The highest BCUT2D eigenvalue weighted by Gasteiger charge is 2.40. The summed E-state index contributed by atoms with van der Waals surface area (Å²) in [4.78, 5) is 11.0. The molecule has 0 aliphatic heterocycles. The number of carbonyl (C=O) groups is 1. The first-order valence-corrected chi connectivity index (χ1v) is 9.17.